The van der Waals surface area contributed by atoms with E-state index in [1.807, 2.05) is 0 Å². The van der Waals surface area contributed by atoms with Gasteiger partial charge in [-0.15, -0.1) is 0 Å². The normalized spacial score (nSPS) is 13.9. The molecule has 0 aromatic heterocycles. The van der Waals surface area contributed by atoms with E-state index in [0.29, 0.717) is 25.7 Å². The molecule has 0 aliphatic heterocycles. The highest BCUT2D eigenvalue weighted by Gasteiger charge is 2.30. The number of rotatable bonds is 80. The van der Waals surface area contributed by atoms with Gasteiger partial charge in [0.1, 0.15) is 19.3 Å². The Kier molecular flexibility index (Phi) is 71.6. The lowest BCUT2D eigenvalue weighted by Crippen LogP contribution is -2.30. The number of hydrogen-bond acceptors (Lipinski definition) is 15. The van der Waals surface area contributed by atoms with E-state index >= 15 is 0 Å². The van der Waals surface area contributed by atoms with Gasteiger partial charge in [-0.05, 0) is 31.6 Å². The number of hydrogen-bond donors (Lipinski definition) is 3. The standard InChI is InChI=1S/C80H156O17P2/c1-6-9-12-15-18-21-24-26-28-29-30-31-32-33-34-36-38-40-45-50-55-60-65-79(84)96-75(70-91-78(83)64-59-54-49-44-39-37-35-27-25-22-19-16-13-10-7-2)71-94-98(86,87)92-67-74(81)68-93-99(88,89)95-72-76(69-90-77(82)63-58-53-48-43-23-20-17-14-11-8-3)97-80(85)66-61-56-51-46-41-42-47-52-57-62-73(4)5/h73-76,81H,6-72H2,1-5H3,(H,86,87)(H,88,89)/t74-,75-,76-/m1/s1. The number of unbranched alkanes of at least 4 members (excludes halogenated alkanes) is 52. The van der Waals surface area contributed by atoms with Crippen LogP contribution in [0.3, 0.4) is 0 Å². The minimum atomic E-state index is -4.96. The molecular formula is C80H156O17P2. The van der Waals surface area contributed by atoms with Crippen molar-refractivity contribution in [3.05, 3.63) is 0 Å². The molecule has 0 rings (SSSR count). The fourth-order valence-corrected chi connectivity index (χ4v) is 14.0. The number of aliphatic hydroxyl groups excluding tert-OH is 1. The number of carbonyl (C=O) groups is 4. The third-order valence-corrected chi connectivity index (χ3v) is 20.7. The number of ether oxygens (including phenoxy) is 4. The van der Waals surface area contributed by atoms with Crippen LogP contribution in [0.1, 0.15) is 426 Å². The van der Waals surface area contributed by atoms with Crippen molar-refractivity contribution in [2.45, 2.75) is 445 Å². The zero-order valence-corrected chi connectivity index (χ0v) is 66.4. The van der Waals surface area contributed by atoms with Crippen LogP contribution in [0.5, 0.6) is 0 Å². The zero-order valence-electron chi connectivity index (χ0n) is 64.6. The first-order valence-electron chi connectivity index (χ1n) is 41.6. The van der Waals surface area contributed by atoms with Gasteiger partial charge in [-0.2, -0.15) is 0 Å². The van der Waals surface area contributed by atoms with E-state index < -0.39 is 97.5 Å². The Bertz CT molecular complexity index is 1890. The van der Waals surface area contributed by atoms with Crippen LogP contribution in [-0.2, 0) is 65.4 Å². The highest BCUT2D eigenvalue weighted by molar-refractivity contribution is 7.47. The topological polar surface area (TPSA) is 237 Å². The summed E-state index contributed by atoms with van der Waals surface area (Å²) in [5, 5.41) is 10.6. The Morgan fingerprint density at radius 1 is 0.273 bits per heavy atom. The molecule has 0 saturated heterocycles. The summed E-state index contributed by atoms with van der Waals surface area (Å²) >= 11 is 0. The average molecular weight is 1450 g/mol. The second kappa shape index (κ2) is 73.0. The SMILES string of the molecule is CCCCCCCCCCCCCCCCCCCCCCCCC(=O)O[C@H](COC(=O)CCCCCCCCCCCCCCCCC)COP(=O)(O)OC[C@@H](O)COP(=O)(O)OC[C@@H](COC(=O)CCCCCCCCCCCC)OC(=O)CCCCCCCCCCCC(C)C. The molecule has 99 heavy (non-hydrogen) atoms. The highest BCUT2D eigenvalue weighted by Crippen LogP contribution is 2.45. The van der Waals surface area contributed by atoms with Gasteiger partial charge < -0.3 is 33.8 Å². The van der Waals surface area contributed by atoms with Crippen molar-refractivity contribution in [3.8, 4) is 0 Å². The summed E-state index contributed by atoms with van der Waals surface area (Å²) in [6.45, 7) is 7.28. The van der Waals surface area contributed by atoms with Crippen LogP contribution in [0.4, 0.5) is 0 Å². The fraction of sp³-hybridized carbons (Fsp3) is 0.950. The molecule has 5 atom stereocenters. The van der Waals surface area contributed by atoms with Crippen LogP contribution in [-0.4, -0.2) is 96.7 Å². The summed E-state index contributed by atoms with van der Waals surface area (Å²) < 4.78 is 68.6. The summed E-state index contributed by atoms with van der Waals surface area (Å²) in [6, 6.07) is 0. The number of carbonyl (C=O) groups excluding carboxylic acids is 4. The van der Waals surface area contributed by atoms with Crippen molar-refractivity contribution in [2.24, 2.45) is 5.92 Å². The monoisotopic (exact) mass is 1450 g/mol. The van der Waals surface area contributed by atoms with Gasteiger partial charge in [0, 0.05) is 25.7 Å². The average Bonchev–Trinajstić information content (AvgIpc) is 1.07. The lowest BCUT2D eigenvalue weighted by Gasteiger charge is -2.21. The first-order chi connectivity index (χ1) is 48.0. The molecule has 19 heteroatoms. The predicted octanol–water partition coefficient (Wildman–Crippen LogP) is 24.0. The van der Waals surface area contributed by atoms with Crippen molar-refractivity contribution < 1.29 is 80.2 Å². The zero-order chi connectivity index (χ0) is 72.7. The molecule has 3 N–H and O–H groups in total. The second-order valence-electron chi connectivity index (χ2n) is 29.3. The summed E-state index contributed by atoms with van der Waals surface area (Å²) in [7, 11) is -9.91. The van der Waals surface area contributed by atoms with Crippen molar-refractivity contribution in [3.63, 3.8) is 0 Å². The van der Waals surface area contributed by atoms with Gasteiger partial charge in [-0.1, -0.05) is 375 Å². The van der Waals surface area contributed by atoms with Crippen LogP contribution < -0.4 is 0 Å². The van der Waals surface area contributed by atoms with E-state index in [9.17, 15) is 43.2 Å². The molecule has 0 radical (unpaired) electrons. The Hall–Kier alpha value is -1.94. The summed E-state index contributed by atoms with van der Waals surface area (Å²) in [5.41, 5.74) is 0. The third kappa shape index (κ3) is 74.1. The van der Waals surface area contributed by atoms with E-state index in [1.54, 1.807) is 0 Å². The van der Waals surface area contributed by atoms with Gasteiger partial charge in [0.15, 0.2) is 12.2 Å². The first kappa shape index (κ1) is 97.1. The molecule has 0 fully saturated rings. The minimum Gasteiger partial charge on any atom is -0.462 e. The first-order valence-corrected chi connectivity index (χ1v) is 44.6. The van der Waals surface area contributed by atoms with Crippen LogP contribution >= 0.6 is 15.6 Å². The summed E-state index contributed by atoms with van der Waals surface area (Å²) in [6.07, 6.45) is 63.9. The number of phosphoric acid groups is 2. The molecule has 0 heterocycles. The number of esters is 4. The van der Waals surface area contributed by atoms with E-state index in [-0.39, 0.29) is 25.7 Å². The minimum absolute atomic E-state index is 0.106. The molecule has 0 aromatic rings. The molecule has 588 valence electrons. The van der Waals surface area contributed by atoms with Crippen LogP contribution in [0, 0.1) is 5.92 Å². The van der Waals surface area contributed by atoms with Gasteiger partial charge in [0.05, 0.1) is 26.4 Å². The maximum absolute atomic E-state index is 13.1. The quantitative estimate of drug-likeness (QED) is 0.0222. The van der Waals surface area contributed by atoms with Gasteiger partial charge in [-0.25, -0.2) is 9.13 Å². The molecule has 0 bridgehead atoms. The van der Waals surface area contributed by atoms with E-state index in [1.165, 1.54) is 250 Å². The van der Waals surface area contributed by atoms with Crippen molar-refractivity contribution in [1.82, 2.24) is 0 Å². The molecule has 17 nitrogen and oxygen atoms in total. The molecule has 0 saturated carbocycles. The van der Waals surface area contributed by atoms with E-state index in [0.717, 1.165) is 95.8 Å². The highest BCUT2D eigenvalue weighted by atomic mass is 31.2. The Balaban J connectivity index is 5.19. The largest absolute Gasteiger partial charge is 0.472 e. The Morgan fingerprint density at radius 3 is 0.687 bits per heavy atom. The number of phosphoric ester groups is 2. The predicted molar refractivity (Wildman–Crippen MR) is 405 cm³/mol. The lowest BCUT2D eigenvalue weighted by molar-refractivity contribution is -0.161. The molecule has 2 unspecified atom stereocenters. The van der Waals surface area contributed by atoms with Crippen molar-refractivity contribution >= 4 is 39.5 Å². The second-order valence-corrected chi connectivity index (χ2v) is 32.2. The molecule has 0 aliphatic carbocycles. The fourth-order valence-electron chi connectivity index (χ4n) is 12.4. The van der Waals surface area contributed by atoms with Crippen molar-refractivity contribution in [2.75, 3.05) is 39.6 Å². The maximum atomic E-state index is 13.1. The van der Waals surface area contributed by atoms with Crippen LogP contribution in [0.2, 0.25) is 0 Å². The maximum Gasteiger partial charge on any atom is 0.472 e. The number of aliphatic hydroxyl groups is 1. The Labute approximate surface area is 607 Å². The molecule has 0 aliphatic rings. The van der Waals surface area contributed by atoms with Gasteiger partial charge >= 0.3 is 39.5 Å². The molecular weight excluding hydrogens is 1290 g/mol. The smallest absolute Gasteiger partial charge is 0.462 e. The van der Waals surface area contributed by atoms with Gasteiger partial charge in [0.2, 0.25) is 0 Å². The van der Waals surface area contributed by atoms with E-state index in [4.69, 9.17) is 37.0 Å². The lowest BCUT2D eigenvalue weighted by atomic mass is 10.0. The van der Waals surface area contributed by atoms with Crippen molar-refractivity contribution in [1.29, 1.82) is 0 Å². The van der Waals surface area contributed by atoms with Crippen LogP contribution in [0.15, 0.2) is 0 Å². The Morgan fingerprint density at radius 2 is 0.465 bits per heavy atom. The summed E-state index contributed by atoms with van der Waals surface area (Å²) in [5.74, 6) is -1.37. The summed E-state index contributed by atoms with van der Waals surface area (Å²) in [4.78, 5) is 72.9. The molecule has 0 amide bonds. The van der Waals surface area contributed by atoms with Gasteiger partial charge in [0.25, 0.3) is 0 Å². The third-order valence-electron chi connectivity index (χ3n) is 18.8. The molecule has 0 aromatic carbocycles. The van der Waals surface area contributed by atoms with Gasteiger partial charge in [-0.3, -0.25) is 37.3 Å². The van der Waals surface area contributed by atoms with E-state index in [2.05, 4.69) is 34.6 Å². The van der Waals surface area contributed by atoms with Crippen LogP contribution in [0.25, 0.3) is 0 Å². The molecule has 0 spiro atoms.